The molecule has 0 aliphatic heterocycles. The molecule has 17 heavy (non-hydrogen) atoms. The Kier molecular flexibility index (Phi) is 5.07. The van der Waals surface area contributed by atoms with Crippen LogP contribution in [-0.2, 0) is 28.1 Å². The molecule has 0 radical (unpaired) electrons. The van der Waals surface area contributed by atoms with E-state index in [9.17, 15) is 8.42 Å². The highest BCUT2D eigenvalue weighted by Crippen LogP contribution is 2.06. The van der Waals surface area contributed by atoms with Crippen LogP contribution in [0.4, 0.5) is 0 Å². The summed E-state index contributed by atoms with van der Waals surface area (Å²) >= 11 is 0. The van der Waals surface area contributed by atoms with Gasteiger partial charge in [-0.2, -0.15) is 17.4 Å². The van der Waals surface area contributed by atoms with E-state index in [-0.39, 0.29) is 6.54 Å². The zero-order chi connectivity index (χ0) is 12.9. The second-order valence-electron chi connectivity index (χ2n) is 3.86. The quantitative estimate of drug-likeness (QED) is 0.818. The Hall–Kier alpha value is -0.950. The van der Waals surface area contributed by atoms with Crippen molar-refractivity contribution in [1.29, 1.82) is 0 Å². The van der Waals surface area contributed by atoms with Crippen molar-refractivity contribution in [2.75, 3.05) is 21.2 Å². The van der Waals surface area contributed by atoms with Gasteiger partial charge in [0.1, 0.15) is 0 Å². The van der Waals surface area contributed by atoms with Crippen LogP contribution in [0.25, 0.3) is 0 Å². The molecule has 0 unspecified atom stereocenters. The Morgan fingerprint density at radius 3 is 2.53 bits per heavy atom. The molecule has 1 aromatic rings. The van der Waals surface area contributed by atoms with Crippen molar-refractivity contribution in [2.24, 2.45) is 0 Å². The molecular weight excluding hydrogens is 240 g/mol. The standard InChI is InChI=1S/C11H18N2O3S/c1-13(2)17(14,15)12-8-10-5-4-6-11(7-10)9-16-3/h4-7,12H,8-9H2,1-3H3. The Labute approximate surface area is 103 Å². The highest BCUT2D eigenvalue weighted by atomic mass is 32.2. The first-order valence-electron chi connectivity index (χ1n) is 5.19. The fourth-order valence-corrected chi connectivity index (χ4v) is 1.91. The molecule has 0 aliphatic carbocycles. The molecule has 0 aliphatic rings. The minimum Gasteiger partial charge on any atom is -0.380 e. The number of hydrogen-bond donors (Lipinski definition) is 1. The summed E-state index contributed by atoms with van der Waals surface area (Å²) in [6, 6.07) is 7.61. The number of hydrogen-bond acceptors (Lipinski definition) is 3. The largest absolute Gasteiger partial charge is 0.380 e. The van der Waals surface area contributed by atoms with E-state index in [2.05, 4.69) is 4.72 Å². The van der Waals surface area contributed by atoms with Crippen LogP contribution in [0, 0.1) is 0 Å². The van der Waals surface area contributed by atoms with Gasteiger partial charge in [0.2, 0.25) is 0 Å². The van der Waals surface area contributed by atoms with Gasteiger partial charge in [0.15, 0.2) is 0 Å². The minimum absolute atomic E-state index is 0.276. The first-order valence-corrected chi connectivity index (χ1v) is 6.63. The second-order valence-corrected chi connectivity index (χ2v) is 5.83. The number of nitrogens with zero attached hydrogens (tertiary/aromatic N) is 1. The van der Waals surface area contributed by atoms with E-state index in [0.29, 0.717) is 6.61 Å². The third-order valence-corrected chi connectivity index (χ3v) is 3.71. The van der Waals surface area contributed by atoms with Crippen LogP contribution in [0.5, 0.6) is 0 Å². The molecule has 0 saturated heterocycles. The predicted molar refractivity (Wildman–Crippen MR) is 66.6 cm³/mol. The Bertz CT molecular complexity index is 458. The molecule has 1 N–H and O–H groups in total. The Balaban J connectivity index is 2.67. The lowest BCUT2D eigenvalue weighted by Crippen LogP contribution is -2.35. The summed E-state index contributed by atoms with van der Waals surface area (Å²) in [4.78, 5) is 0. The SMILES string of the molecule is COCc1cccc(CNS(=O)(=O)N(C)C)c1. The highest BCUT2D eigenvalue weighted by Gasteiger charge is 2.11. The number of nitrogens with one attached hydrogen (secondary N) is 1. The number of benzene rings is 1. The summed E-state index contributed by atoms with van der Waals surface area (Å²) in [6.07, 6.45) is 0. The molecule has 0 amide bonds. The third kappa shape index (κ3) is 4.43. The smallest absolute Gasteiger partial charge is 0.279 e. The summed E-state index contributed by atoms with van der Waals surface area (Å²) in [5.41, 5.74) is 1.93. The van der Waals surface area contributed by atoms with E-state index in [0.717, 1.165) is 15.4 Å². The van der Waals surface area contributed by atoms with Gasteiger partial charge in [-0.15, -0.1) is 0 Å². The molecular formula is C11H18N2O3S. The lowest BCUT2D eigenvalue weighted by molar-refractivity contribution is 0.185. The van der Waals surface area contributed by atoms with Gasteiger partial charge in [-0.25, -0.2) is 0 Å². The van der Waals surface area contributed by atoms with Crippen molar-refractivity contribution in [1.82, 2.24) is 9.03 Å². The molecule has 5 nitrogen and oxygen atoms in total. The fraction of sp³-hybridized carbons (Fsp3) is 0.455. The summed E-state index contributed by atoms with van der Waals surface area (Å²) in [6.45, 7) is 0.798. The van der Waals surface area contributed by atoms with Gasteiger partial charge in [0, 0.05) is 27.7 Å². The zero-order valence-electron chi connectivity index (χ0n) is 10.3. The molecule has 0 aromatic heterocycles. The van der Waals surface area contributed by atoms with Gasteiger partial charge in [-0.3, -0.25) is 0 Å². The van der Waals surface area contributed by atoms with E-state index >= 15 is 0 Å². The molecule has 0 atom stereocenters. The lowest BCUT2D eigenvalue weighted by atomic mass is 10.1. The maximum Gasteiger partial charge on any atom is 0.279 e. The van der Waals surface area contributed by atoms with Gasteiger partial charge in [-0.05, 0) is 11.1 Å². The fourth-order valence-electron chi connectivity index (χ4n) is 1.30. The van der Waals surface area contributed by atoms with Crippen LogP contribution < -0.4 is 4.72 Å². The van der Waals surface area contributed by atoms with Crippen molar-refractivity contribution in [3.8, 4) is 0 Å². The number of ether oxygens (including phenoxy) is 1. The predicted octanol–water partition coefficient (Wildman–Crippen LogP) is 0.729. The van der Waals surface area contributed by atoms with Crippen LogP contribution in [0.2, 0.25) is 0 Å². The molecule has 0 spiro atoms. The monoisotopic (exact) mass is 258 g/mol. The summed E-state index contributed by atoms with van der Waals surface area (Å²) < 4.78 is 31.7. The normalized spacial score (nSPS) is 12.0. The van der Waals surface area contributed by atoms with Crippen LogP contribution in [0.1, 0.15) is 11.1 Å². The molecule has 0 saturated carbocycles. The van der Waals surface area contributed by atoms with Gasteiger partial charge >= 0.3 is 0 Å². The van der Waals surface area contributed by atoms with Crippen molar-refractivity contribution in [3.63, 3.8) is 0 Å². The van der Waals surface area contributed by atoms with Gasteiger partial charge in [0.25, 0.3) is 10.2 Å². The average Bonchev–Trinajstić information content (AvgIpc) is 2.27. The van der Waals surface area contributed by atoms with Crippen LogP contribution in [-0.4, -0.2) is 33.9 Å². The lowest BCUT2D eigenvalue weighted by Gasteiger charge is -2.12. The maximum atomic E-state index is 11.5. The molecule has 0 heterocycles. The first kappa shape index (κ1) is 14.1. The molecule has 1 aromatic carbocycles. The van der Waals surface area contributed by atoms with E-state index in [1.54, 1.807) is 7.11 Å². The molecule has 96 valence electrons. The van der Waals surface area contributed by atoms with E-state index in [1.165, 1.54) is 14.1 Å². The number of rotatable bonds is 6. The van der Waals surface area contributed by atoms with Crippen LogP contribution >= 0.6 is 0 Å². The van der Waals surface area contributed by atoms with Gasteiger partial charge < -0.3 is 4.74 Å². The van der Waals surface area contributed by atoms with E-state index < -0.39 is 10.2 Å². The third-order valence-electron chi connectivity index (χ3n) is 2.24. The van der Waals surface area contributed by atoms with Gasteiger partial charge in [-0.1, -0.05) is 24.3 Å². The summed E-state index contributed by atoms with van der Waals surface area (Å²) in [7, 11) is 1.24. The topological polar surface area (TPSA) is 58.6 Å². The molecule has 0 bridgehead atoms. The van der Waals surface area contributed by atoms with Crippen molar-refractivity contribution >= 4 is 10.2 Å². The summed E-state index contributed by atoms with van der Waals surface area (Å²) in [5, 5.41) is 0. The van der Waals surface area contributed by atoms with Gasteiger partial charge in [0.05, 0.1) is 6.61 Å². The van der Waals surface area contributed by atoms with E-state index in [1.807, 2.05) is 24.3 Å². The average molecular weight is 258 g/mol. The van der Waals surface area contributed by atoms with Crippen molar-refractivity contribution in [2.45, 2.75) is 13.2 Å². The van der Waals surface area contributed by atoms with Crippen molar-refractivity contribution in [3.05, 3.63) is 35.4 Å². The number of methoxy groups -OCH3 is 1. The first-order chi connectivity index (χ1) is 7.95. The molecule has 1 rings (SSSR count). The Morgan fingerprint density at radius 2 is 1.94 bits per heavy atom. The Morgan fingerprint density at radius 1 is 1.29 bits per heavy atom. The van der Waals surface area contributed by atoms with E-state index in [4.69, 9.17) is 4.74 Å². The van der Waals surface area contributed by atoms with Crippen LogP contribution in [0.15, 0.2) is 24.3 Å². The molecule has 0 fully saturated rings. The van der Waals surface area contributed by atoms with Crippen LogP contribution in [0.3, 0.4) is 0 Å². The maximum absolute atomic E-state index is 11.5. The minimum atomic E-state index is -3.37. The molecule has 6 heteroatoms. The zero-order valence-corrected chi connectivity index (χ0v) is 11.1. The van der Waals surface area contributed by atoms with Crippen molar-refractivity contribution < 1.29 is 13.2 Å². The highest BCUT2D eigenvalue weighted by molar-refractivity contribution is 7.87. The summed E-state index contributed by atoms with van der Waals surface area (Å²) in [5.74, 6) is 0. The second kappa shape index (κ2) is 6.11.